The number of allylic oxidation sites excluding steroid dienone is 1. The number of ketones is 1. The van der Waals surface area contributed by atoms with Crippen LogP contribution in [0.15, 0.2) is 53.7 Å². The standard InChI is InChI=1S/C27H30N4OS/c1-4-14-31(5-2)18-23(32)16-26-30-19(3)27(33-26)20-9-11-24-21(15-20)17-29-25(24)12-10-22-8-6-7-13-28-22/h6-13,15H,4-5,14,16-18H2,1-3H3/b12-10+. The third kappa shape index (κ3) is 5.70. The predicted molar refractivity (Wildman–Crippen MR) is 137 cm³/mol. The maximum atomic E-state index is 12.6. The average molecular weight is 459 g/mol. The molecule has 0 unspecified atom stereocenters. The van der Waals surface area contributed by atoms with Crippen molar-refractivity contribution in [2.24, 2.45) is 4.99 Å². The molecule has 0 atom stereocenters. The summed E-state index contributed by atoms with van der Waals surface area (Å²) in [6.07, 6.45) is 7.29. The number of aromatic nitrogens is 2. The summed E-state index contributed by atoms with van der Waals surface area (Å²) in [6, 6.07) is 12.4. The number of Topliss-reactive ketones (excluding diaryl/α,β-unsaturated/α-hetero) is 1. The van der Waals surface area contributed by atoms with E-state index in [1.807, 2.05) is 37.3 Å². The summed E-state index contributed by atoms with van der Waals surface area (Å²) in [5, 5.41) is 0.899. The first kappa shape index (κ1) is 23.2. The normalized spacial score (nSPS) is 13.0. The van der Waals surface area contributed by atoms with Crippen LogP contribution in [0.2, 0.25) is 0 Å². The number of carbonyl (C=O) groups is 1. The predicted octanol–water partition coefficient (Wildman–Crippen LogP) is 5.37. The lowest BCUT2D eigenvalue weighted by molar-refractivity contribution is -0.119. The second-order valence-corrected chi connectivity index (χ2v) is 9.35. The fourth-order valence-electron chi connectivity index (χ4n) is 4.09. The van der Waals surface area contributed by atoms with E-state index in [-0.39, 0.29) is 5.78 Å². The lowest BCUT2D eigenvalue weighted by Crippen LogP contribution is -2.31. The van der Waals surface area contributed by atoms with Crippen molar-refractivity contribution in [2.45, 2.75) is 40.2 Å². The van der Waals surface area contributed by atoms with E-state index in [1.165, 1.54) is 11.1 Å². The molecule has 2 aromatic heterocycles. The Labute approximate surface area is 199 Å². The molecule has 0 radical (unpaired) electrons. The van der Waals surface area contributed by atoms with Gasteiger partial charge >= 0.3 is 0 Å². The minimum Gasteiger partial charge on any atom is -0.298 e. The van der Waals surface area contributed by atoms with E-state index in [1.54, 1.807) is 17.5 Å². The van der Waals surface area contributed by atoms with Crippen LogP contribution < -0.4 is 0 Å². The monoisotopic (exact) mass is 458 g/mol. The summed E-state index contributed by atoms with van der Waals surface area (Å²) in [4.78, 5) is 29.7. The van der Waals surface area contributed by atoms with Crippen LogP contribution in [0.1, 0.15) is 47.8 Å². The van der Waals surface area contributed by atoms with Gasteiger partial charge in [0.25, 0.3) is 0 Å². The Morgan fingerprint density at radius 1 is 1.18 bits per heavy atom. The Morgan fingerprint density at radius 2 is 2.06 bits per heavy atom. The Balaban J connectivity index is 1.46. The fourth-order valence-corrected chi connectivity index (χ4v) is 5.18. The zero-order valence-electron chi connectivity index (χ0n) is 19.5. The second-order valence-electron chi connectivity index (χ2n) is 8.27. The maximum absolute atomic E-state index is 12.6. The summed E-state index contributed by atoms with van der Waals surface area (Å²) in [6.45, 7) is 9.32. The Bertz CT molecular complexity index is 1180. The molecule has 0 N–H and O–H groups in total. The molecule has 0 fully saturated rings. The minimum absolute atomic E-state index is 0.234. The summed E-state index contributed by atoms with van der Waals surface area (Å²) < 4.78 is 0. The van der Waals surface area contributed by atoms with Crippen molar-refractivity contribution >= 4 is 28.9 Å². The number of hydrogen-bond acceptors (Lipinski definition) is 6. The van der Waals surface area contributed by atoms with E-state index in [0.29, 0.717) is 19.5 Å². The number of carbonyl (C=O) groups excluding carboxylic acids is 1. The number of fused-ring (bicyclic) bond motifs is 1. The molecule has 0 aliphatic carbocycles. The van der Waals surface area contributed by atoms with Crippen LogP contribution in [0.3, 0.4) is 0 Å². The smallest absolute Gasteiger partial charge is 0.153 e. The first-order valence-electron chi connectivity index (χ1n) is 11.5. The molecule has 0 bridgehead atoms. The highest BCUT2D eigenvalue weighted by Crippen LogP contribution is 2.33. The largest absolute Gasteiger partial charge is 0.298 e. The van der Waals surface area contributed by atoms with Gasteiger partial charge in [-0.05, 0) is 67.9 Å². The lowest BCUT2D eigenvalue weighted by Gasteiger charge is -2.17. The number of benzene rings is 1. The van der Waals surface area contributed by atoms with Gasteiger partial charge in [0.1, 0.15) is 5.01 Å². The van der Waals surface area contributed by atoms with Gasteiger partial charge in [-0.3, -0.25) is 19.7 Å². The highest BCUT2D eigenvalue weighted by molar-refractivity contribution is 7.15. The summed E-state index contributed by atoms with van der Waals surface area (Å²) in [7, 11) is 0. The van der Waals surface area contributed by atoms with E-state index in [2.05, 4.69) is 41.9 Å². The van der Waals surface area contributed by atoms with E-state index in [4.69, 9.17) is 9.98 Å². The minimum atomic E-state index is 0.234. The summed E-state index contributed by atoms with van der Waals surface area (Å²) in [5.74, 6) is 0.234. The van der Waals surface area contributed by atoms with Crippen molar-refractivity contribution in [1.82, 2.24) is 14.9 Å². The molecule has 1 aliphatic heterocycles. The van der Waals surface area contributed by atoms with E-state index < -0.39 is 0 Å². The van der Waals surface area contributed by atoms with Gasteiger partial charge in [0, 0.05) is 11.8 Å². The third-order valence-electron chi connectivity index (χ3n) is 5.74. The number of aliphatic imine (C=N–C) groups is 1. The van der Waals surface area contributed by atoms with Crippen molar-refractivity contribution in [3.05, 3.63) is 76.2 Å². The van der Waals surface area contributed by atoms with Crippen LogP contribution in [-0.4, -0.2) is 46.0 Å². The maximum Gasteiger partial charge on any atom is 0.153 e. The van der Waals surface area contributed by atoms with E-state index in [9.17, 15) is 4.79 Å². The van der Waals surface area contributed by atoms with Gasteiger partial charge in [0.2, 0.25) is 0 Å². The highest BCUT2D eigenvalue weighted by Gasteiger charge is 2.18. The lowest BCUT2D eigenvalue weighted by atomic mass is 10.0. The first-order valence-corrected chi connectivity index (χ1v) is 12.4. The Kier molecular flexibility index (Phi) is 7.57. The van der Waals surface area contributed by atoms with Crippen molar-refractivity contribution < 1.29 is 4.79 Å². The number of nitrogens with zero attached hydrogens (tertiary/aromatic N) is 4. The number of thiazole rings is 1. The molecule has 33 heavy (non-hydrogen) atoms. The van der Waals surface area contributed by atoms with Crippen LogP contribution in [-0.2, 0) is 17.8 Å². The number of pyridine rings is 1. The van der Waals surface area contributed by atoms with Gasteiger partial charge in [-0.1, -0.05) is 32.0 Å². The molecule has 3 aromatic rings. The molecule has 3 heterocycles. The van der Waals surface area contributed by atoms with Gasteiger partial charge in [0.15, 0.2) is 5.78 Å². The van der Waals surface area contributed by atoms with Crippen molar-refractivity contribution in [2.75, 3.05) is 19.6 Å². The van der Waals surface area contributed by atoms with Crippen molar-refractivity contribution in [3.63, 3.8) is 0 Å². The van der Waals surface area contributed by atoms with E-state index in [0.717, 1.165) is 52.1 Å². The molecule has 5 nitrogen and oxygen atoms in total. The topological polar surface area (TPSA) is 58.5 Å². The fraction of sp³-hybridized carbons (Fsp3) is 0.333. The van der Waals surface area contributed by atoms with Gasteiger partial charge in [-0.2, -0.15) is 0 Å². The van der Waals surface area contributed by atoms with Gasteiger partial charge in [0.05, 0.1) is 41.5 Å². The third-order valence-corrected chi connectivity index (χ3v) is 6.95. The molecule has 1 aliphatic rings. The highest BCUT2D eigenvalue weighted by atomic mass is 32.1. The molecule has 4 rings (SSSR count). The molecule has 0 saturated heterocycles. The van der Waals surface area contributed by atoms with Crippen molar-refractivity contribution in [1.29, 1.82) is 0 Å². The van der Waals surface area contributed by atoms with Gasteiger partial charge in [-0.25, -0.2) is 4.98 Å². The van der Waals surface area contributed by atoms with E-state index >= 15 is 0 Å². The van der Waals surface area contributed by atoms with Crippen molar-refractivity contribution in [3.8, 4) is 10.4 Å². The molecular weight excluding hydrogens is 428 g/mol. The van der Waals surface area contributed by atoms with Gasteiger partial charge in [-0.15, -0.1) is 11.3 Å². The number of likely N-dealkylation sites (N-methyl/N-ethyl adjacent to an activating group) is 1. The molecule has 1 aromatic carbocycles. The summed E-state index contributed by atoms with van der Waals surface area (Å²) in [5.41, 5.74) is 6.42. The molecular formula is C27H30N4OS. The van der Waals surface area contributed by atoms with Crippen LogP contribution in [0.25, 0.3) is 16.5 Å². The first-order chi connectivity index (χ1) is 16.1. The SMILES string of the molecule is CCCN(CC)CC(=O)Cc1nc(C)c(-c2ccc3c(c2)CN=C3/C=C/c2ccccn2)s1. The summed E-state index contributed by atoms with van der Waals surface area (Å²) >= 11 is 1.63. The molecule has 0 spiro atoms. The van der Waals surface area contributed by atoms with Crippen LogP contribution in [0, 0.1) is 6.92 Å². The molecule has 0 saturated carbocycles. The average Bonchev–Trinajstić information content (AvgIpc) is 3.40. The van der Waals surface area contributed by atoms with Crippen LogP contribution >= 0.6 is 11.3 Å². The Morgan fingerprint density at radius 3 is 2.82 bits per heavy atom. The second kappa shape index (κ2) is 10.8. The molecule has 170 valence electrons. The van der Waals surface area contributed by atoms with Gasteiger partial charge < -0.3 is 0 Å². The number of rotatable bonds is 10. The van der Waals surface area contributed by atoms with Crippen LogP contribution in [0.4, 0.5) is 0 Å². The number of hydrogen-bond donors (Lipinski definition) is 0. The zero-order chi connectivity index (χ0) is 23.2. The number of aryl methyl sites for hydroxylation is 1. The zero-order valence-corrected chi connectivity index (χ0v) is 20.4. The molecule has 0 amide bonds. The Hall–Kier alpha value is -2.96. The quantitative estimate of drug-likeness (QED) is 0.410. The van der Waals surface area contributed by atoms with Crippen LogP contribution in [0.5, 0.6) is 0 Å². The molecule has 6 heteroatoms.